The average Bonchev–Trinajstić information content (AvgIpc) is 3.32. The minimum Gasteiger partial charge on any atom is -0.300 e. The molecular formula is C26H21N3O3. The third-order valence-corrected chi connectivity index (χ3v) is 5.84. The van der Waals surface area contributed by atoms with Crippen LogP contribution in [0.2, 0.25) is 0 Å². The Hall–Kier alpha value is -3.93. The second kappa shape index (κ2) is 7.96. The van der Waals surface area contributed by atoms with Crippen molar-refractivity contribution < 1.29 is 14.4 Å². The Morgan fingerprint density at radius 1 is 0.969 bits per heavy atom. The number of pyridine rings is 1. The summed E-state index contributed by atoms with van der Waals surface area (Å²) in [7, 11) is 0. The molecule has 0 radical (unpaired) electrons. The van der Waals surface area contributed by atoms with E-state index in [1.54, 1.807) is 6.92 Å². The number of nitrogens with zero attached hydrogens (tertiary/aromatic N) is 3. The summed E-state index contributed by atoms with van der Waals surface area (Å²) in [6.45, 7) is 2.23. The summed E-state index contributed by atoms with van der Waals surface area (Å²) in [5, 5.41) is 0. The highest BCUT2D eigenvalue weighted by Gasteiger charge is 2.40. The van der Waals surface area contributed by atoms with E-state index in [1.807, 2.05) is 54.6 Å². The van der Waals surface area contributed by atoms with Crippen LogP contribution < -0.4 is 0 Å². The van der Waals surface area contributed by atoms with Crippen molar-refractivity contribution >= 4 is 23.3 Å². The van der Waals surface area contributed by atoms with Crippen LogP contribution in [0.15, 0.2) is 65.8 Å². The molecule has 32 heavy (non-hydrogen) atoms. The third-order valence-electron chi connectivity index (χ3n) is 5.84. The van der Waals surface area contributed by atoms with E-state index >= 15 is 0 Å². The van der Waals surface area contributed by atoms with Crippen LogP contribution in [0.25, 0.3) is 0 Å². The van der Waals surface area contributed by atoms with Crippen molar-refractivity contribution in [3.8, 4) is 0 Å². The Balaban J connectivity index is 1.49. The Bertz CT molecular complexity index is 1290. The second-order valence-corrected chi connectivity index (χ2v) is 8.11. The smallest absolute Gasteiger partial charge is 0.263 e. The first-order valence-corrected chi connectivity index (χ1v) is 10.6. The Morgan fingerprint density at radius 2 is 1.75 bits per heavy atom. The number of ketones is 1. The van der Waals surface area contributed by atoms with Crippen molar-refractivity contribution in [2.45, 2.75) is 26.3 Å². The summed E-state index contributed by atoms with van der Waals surface area (Å²) in [5.41, 5.74) is 5.49. The van der Waals surface area contributed by atoms with Gasteiger partial charge in [0.2, 0.25) is 0 Å². The number of aromatic nitrogens is 1. The number of carbonyl (C=O) groups excluding carboxylic acids is 3. The summed E-state index contributed by atoms with van der Waals surface area (Å²) in [4.78, 5) is 48.3. The predicted octanol–water partition coefficient (Wildman–Crippen LogP) is 3.40. The summed E-state index contributed by atoms with van der Waals surface area (Å²) < 4.78 is 0. The van der Waals surface area contributed by atoms with E-state index in [-0.39, 0.29) is 17.6 Å². The molecule has 1 aromatic heterocycles. The van der Waals surface area contributed by atoms with E-state index in [4.69, 9.17) is 0 Å². The van der Waals surface area contributed by atoms with Gasteiger partial charge in [0.25, 0.3) is 11.8 Å². The number of hydrogen-bond acceptors (Lipinski definition) is 5. The van der Waals surface area contributed by atoms with Crippen molar-refractivity contribution in [2.24, 2.45) is 4.99 Å². The first kappa shape index (κ1) is 20.0. The lowest BCUT2D eigenvalue weighted by Crippen LogP contribution is -2.32. The van der Waals surface area contributed by atoms with Crippen molar-refractivity contribution in [1.82, 2.24) is 9.88 Å². The number of hydrogen-bond donors (Lipinski definition) is 0. The van der Waals surface area contributed by atoms with Gasteiger partial charge in [-0.2, -0.15) is 0 Å². The first-order chi connectivity index (χ1) is 15.5. The van der Waals surface area contributed by atoms with Crippen LogP contribution in [-0.2, 0) is 24.2 Å². The van der Waals surface area contributed by atoms with Gasteiger partial charge in [-0.25, -0.2) is 0 Å². The fourth-order valence-electron chi connectivity index (χ4n) is 4.36. The summed E-state index contributed by atoms with van der Waals surface area (Å²) >= 11 is 0. The Kier molecular flexibility index (Phi) is 4.98. The third kappa shape index (κ3) is 3.43. The van der Waals surface area contributed by atoms with Crippen LogP contribution in [0.3, 0.4) is 0 Å². The van der Waals surface area contributed by atoms with Crippen molar-refractivity contribution in [2.75, 3.05) is 6.54 Å². The van der Waals surface area contributed by atoms with Crippen LogP contribution in [0, 0.1) is 0 Å². The van der Waals surface area contributed by atoms with Gasteiger partial charge in [0.1, 0.15) is 5.78 Å². The molecule has 2 aliphatic heterocycles. The number of aliphatic imine (C=N–C) groups is 1. The van der Waals surface area contributed by atoms with Crippen LogP contribution in [-0.4, -0.2) is 39.7 Å². The molecule has 0 aliphatic carbocycles. The molecule has 0 unspecified atom stereocenters. The fraction of sp³-hybridized carbons (Fsp3) is 0.192. The standard InChI is InChI=1S/C26H21N3O3/c1-16(30)12-18-8-5-9-19(13-18)24-23-21(15-28-24)27-14-20-22(23)26(32)29(25(20)31)11-10-17-6-3-2-4-7-17/h2-9,13-14H,10-12,15H2,1H3. The number of fused-ring (bicyclic) bond motifs is 3. The maximum atomic E-state index is 13.4. The molecule has 0 fully saturated rings. The minimum atomic E-state index is -0.312. The lowest BCUT2D eigenvalue weighted by atomic mass is 9.94. The van der Waals surface area contributed by atoms with Crippen LogP contribution >= 0.6 is 0 Å². The Morgan fingerprint density at radius 3 is 2.53 bits per heavy atom. The molecule has 2 aliphatic rings. The predicted molar refractivity (Wildman–Crippen MR) is 120 cm³/mol. The van der Waals surface area contributed by atoms with Gasteiger partial charge in [0.15, 0.2) is 0 Å². The van der Waals surface area contributed by atoms with Gasteiger partial charge in [-0.05, 0) is 30.5 Å². The van der Waals surface area contributed by atoms with Crippen molar-refractivity contribution in [1.29, 1.82) is 0 Å². The van der Waals surface area contributed by atoms with E-state index in [0.717, 1.165) is 16.7 Å². The van der Waals surface area contributed by atoms with E-state index in [1.165, 1.54) is 11.1 Å². The van der Waals surface area contributed by atoms with Gasteiger partial charge in [-0.3, -0.25) is 29.3 Å². The molecule has 0 N–H and O–H groups in total. The van der Waals surface area contributed by atoms with Gasteiger partial charge in [0.05, 0.1) is 29.1 Å². The van der Waals surface area contributed by atoms with Gasteiger partial charge >= 0.3 is 0 Å². The van der Waals surface area contributed by atoms with Crippen molar-refractivity contribution in [3.63, 3.8) is 0 Å². The molecule has 3 aromatic rings. The zero-order valence-corrected chi connectivity index (χ0v) is 17.7. The quantitative estimate of drug-likeness (QED) is 0.569. The number of rotatable bonds is 6. The largest absolute Gasteiger partial charge is 0.300 e. The molecule has 6 heteroatoms. The summed E-state index contributed by atoms with van der Waals surface area (Å²) in [6.07, 6.45) is 2.43. The lowest BCUT2D eigenvalue weighted by Gasteiger charge is -2.14. The van der Waals surface area contributed by atoms with Crippen LogP contribution in [0.5, 0.6) is 0 Å². The van der Waals surface area contributed by atoms with E-state index < -0.39 is 0 Å². The van der Waals surface area contributed by atoms with Gasteiger partial charge in [0, 0.05) is 30.3 Å². The van der Waals surface area contributed by atoms with Crippen LogP contribution in [0.1, 0.15) is 55.6 Å². The number of carbonyl (C=O) groups is 3. The number of amides is 2. The van der Waals surface area contributed by atoms with E-state index in [0.29, 0.717) is 54.0 Å². The Labute approximate surface area is 185 Å². The van der Waals surface area contributed by atoms with Gasteiger partial charge in [-0.15, -0.1) is 0 Å². The summed E-state index contributed by atoms with van der Waals surface area (Å²) in [6, 6.07) is 17.4. The maximum Gasteiger partial charge on any atom is 0.263 e. The van der Waals surface area contributed by atoms with E-state index in [9.17, 15) is 14.4 Å². The zero-order valence-electron chi connectivity index (χ0n) is 17.7. The first-order valence-electron chi connectivity index (χ1n) is 10.6. The maximum absolute atomic E-state index is 13.4. The number of Topliss-reactive ketones (excluding diaryl/α,β-unsaturated/α-hetero) is 1. The highest BCUT2D eigenvalue weighted by Crippen LogP contribution is 2.33. The monoisotopic (exact) mass is 423 g/mol. The average molecular weight is 423 g/mol. The highest BCUT2D eigenvalue weighted by atomic mass is 16.2. The van der Waals surface area contributed by atoms with Crippen LogP contribution in [0.4, 0.5) is 0 Å². The topological polar surface area (TPSA) is 79.7 Å². The number of imide groups is 1. The fourth-order valence-corrected chi connectivity index (χ4v) is 4.36. The van der Waals surface area contributed by atoms with E-state index in [2.05, 4.69) is 9.98 Å². The molecule has 6 nitrogen and oxygen atoms in total. The number of benzene rings is 2. The molecule has 2 amide bonds. The molecule has 5 rings (SSSR count). The molecule has 158 valence electrons. The highest BCUT2D eigenvalue weighted by molar-refractivity contribution is 6.28. The summed E-state index contributed by atoms with van der Waals surface area (Å²) in [5.74, 6) is -0.532. The SMILES string of the molecule is CC(=O)Cc1cccc(C2=NCc3ncc4c(c32)C(=O)N(CCc2ccccc2)C4=O)c1. The molecule has 0 bridgehead atoms. The zero-order chi connectivity index (χ0) is 22.2. The van der Waals surface area contributed by atoms with Gasteiger partial charge < -0.3 is 0 Å². The molecule has 0 spiro atoms. The molecule has 3 heterocycles. The second-order valence-electron chi connectivity index (χ2n) is 8.11. The molecule has 0 saturated carbocycles. The molecule has 0 atom stereocenters. The minimum absolute atomic E-state index is 0.0771. The molecular weight excluding hydrogens is 402 g/mol. The van der Waals surface area contributed by atoms with Gasteiger partial charge in [-0.1, -0.05) is 48.5 Å². The molecule has 2 aromatic carbocycles. The van der Waals surface area contributed by atoms with Crippen molar-refractivity contribution in [3.05, 3.63) is 99.9 Å². The normalized spacial score (nSPS) is 14.4. The lowest BCUT2D eigenvalue weighted by molar-refractivity contribution is -0.116. The molecule has 0 saturated heterocycles.